The molecule has 0 fully saturated rings. The van der Waals surface area contributed by atoms with E-state index in [2.05, 4.69) is 48.5 Å². The molecule has 6 heteroatoms. The van der Waals surface area contributed by atoms with Gasteiger partial charge in [0.15, 0.2) is 0 Å². The number of hydrogen-bond acceptors (Lipinski definition) is 3. The van der Waals surface area contributed by atoms with Gasteiger partial charge in [0.2, 0.25) is 0 Å². The van der Waals surface area contributed by atoms with Crippen LogP contribution in [0.4, 0.5) is 0 Å². The molecule has 1 heterocycles. The third-order valence-electron chi connectivity index (χ3n) is 2.46. The highest BCUT2D eigenvalue weighted by atomic mass is 127. The molecule has 0 aliphatic heterocycles. The monoisotopic (exact) mass is 452 g/mol. The molecule has 100 valence electrons. The van der Waals surface area contributed by atoms with Gasteiger partial charge in [0.1, 0.15) is 11.0 Å². The van der Waals surface area contributed by atoms with Crippen molar-refractivity contribution in [2.45, 2.75) is 13.0 Å². The van der Waals surface area contributed by atoms with E-state index >= 15 is 0 Å². The fourth-order valence-electron chi connectivity index (χ4n) is 1.65. The summed E-state index contributed by atoms with van der Waals surface area (Å²) in [5, 5.41) is 0.479. The first-order valence-electron chi connectivity index (χ1n) is 5.54. The summed E-state index contributed by atoms with van der Waals surface area (Å²) in [6.45, 7) is 0.437. The van der Waals surface area contributed by atoms with Gasteiger partial charge >= 0.3 is 0 Å². The van der Waals surface area contributed by atoms with Crippen molar-refractivity contribution in [3.63, 3.8) is 0 Å². The second-order valence-corrected chi connectivity index (χ2v) is 6.28. The highest BCUT2D eigenvalue weighted by Gasteiger charge is 2.11. The molecule has 3 nitrogen and oxygen atoms in total. The van der Waals surface area contributed by atoms with Crippen LogP contribution < -0.4 is 0 Å². The van der Waals surface area contributed by atoms with E-state index in [4.69, 9.17) is 16.3 Å². The molecule has 1 aromatic carbocycles. The van der Waals surface area contributed by atoms with E-state index < -0.39 is 0 Å². The number of nitrogens with zero attached hydrogens (tertiary/aromatic N) is 2. The minimum atomic E-state index is 0.437. The lowest BCUT2D eigenvalue weighted by Gasteiger charge is -2.08. The molecule has 0 aliphatic rings. The number of halogens is 3. The molecule has 0 bridgehead atoms. The number of hydrogen-bond donors (Lipinski definition) is 0. The van der Waals surface area contributed by atoms with E-state index in [0.717, 1.165) is 19.3 Å². The number of ether oxygens (including phenoxy) is 1. The maximum Gasteiger partial charge on any atom is 0.146 e. The van der Waals surface area contributed by atoms with Gasteiger partial charge in [-0.3, -0.25) is 0 Å². The maximum absolute atomic E-state index is 6.13. The van der Waals surface area contributed by atoms with Crippen LogP contribution in [0.3, 0.4) is 0 Å². The van der Waals surface area contributed by atoms with Gasteiger partial charge in [-0.15, -0.1) is 0 Å². The molecule has 2 aromatic rings. The number of aromatic nitrogens is 2. The van der Waals surface area contributed by atoms with Crippen molar-refractivity contribution >= 4 is 50.1 Å². The highest BCUT2D eigenvalue weighted by Crippen LogP contribution is 2.21. The van der Waals surface area contributed by atoms with Crippen LogP contribution in [-0.2, 0) is 17.8 Å². The Morgan fingerprint density at radius 2 is 2.16 bits per heavy atom. The van der Waals surface area contributed by atoms with Crippen LogP contribution in [0.2, 0.25) is 5.15 Å². The van der Waals surface area contributed by atoms with Gasteiger partial charge < -0.3 is 4.74 Å². The molecule has 0 atom stereocenters. The minimum Gasteiger partial charge on any atom is -0.378 e. The molecule has 0 spiro atoms. The Bertz CT molecular complexity index is 595. The van der Waals surface area contributed by atoms with Crippen molar-refractivity contribution in [2.24, 2.45) is 0 Å². The molecule has 0 radical (unpaired) electrons. The molecule has 0 aliphatic carbocycles. The maximum atomic E-state index is 6.13. The van der Waals surface area contributed by atoms with Gasteiger partial charge in [0.05, 0.1) is 15.9 Å². The van der Waals surface area contributed by atoms with Crippen molar-refractivity contribution in [1.82, 2.24) is 9.97 Å². The largest absolute Gasteiger partial charge is 0.378 e. The molecule has 1 aromatic heterocycles. The first-order chi connectivity index (χ1) is 9.10. The zero-order valence-corrected chi connectivity index (χ0v) is 14.7. The predicted octanol–water partition coefficient (Wildman–Crippen LogP) is 4.23. The summed E-state index contributed by atoms with van der Waals surface area (Å²) in [7, 11) is 1.64. The fraction of sp³-hybridized carbons (Fsp3) is 0.231. The lowest BCUT2D eigenvalue weighted by atomic mass is 10.1. The summed E-state index contributed by atoms with van der Waals surface area (Å²) in [4.78, 5) is 8.82. The smallest absolute Gasteiger partial charge is 0.146 e. The Hall–Kier alpha value is -0.240. The fourth-order valence-corrected chi connectivity index (χ4v) is 2.70. The second-order valence-electron chi connectivity index (χ2n) is 3.93. The zero-order valence-electron chi connectivity index (χ0n) is 10.2. The molecule has 19 heavy (non-hydrogen) atoms. The average Bonchev–Trinajstić information content (AvgIpc) is 2.35. The summed E-state index contributed by atoms with van der Waals surface area (Å²) in [6, 6.07) is 8.06. The quantitative estimate of drug-likeness (QED) is 0.513. The Morgan fingerprint density at radius 1 is 1.37 bits per heavy atom. The average molecular weight is 454 g/mol. The molecular formula is C13H11BrClIN2O. The molecule has 0 N–H and O–H groups in total. The van der Waals surface area contributed by atoms with Gasteiger partial charge in [-0.2, -0.15) is 0 Å². The van der Waals surface area contributed by atoms with E-state index in [1.165, 1.54) is 0 Å². The first kappa shape index (κ1) is 15.2. The van der Waals surface area contributed by atoms with Crippen LogP contribution in [0.1, 0.15) is 17.1 Å². The van der Waals surface area contributed by atoms with Crippen LogP contribution in [0.5, 0.6) is 0 Å². The molecule has 2 rings (SSSR count). The van der Waals surface area contributed by atoms with Crippen LogP contribution >= 0.6 is 50.1 Å². The van der Waals surface area contributed by atoms with E-state index in [0.29, 0.717) is 24.0 Å². The summed E-state index contributed by atoms with van der Waals surface area (Å²) < 4.78 is 7.01. The van der Waals surface area contributed by atoms with Crippen LogP contribution in [0.15, 0.2) is 28.7 Å². The van der Waals surface area contributed by atoms with E-state index in [1.54, 1.807) is 7.11 Å². The summed E-state index contributed by atoms with van der Waals surface area (Å²) in [5.74, 6) is 0.704. The van der Waals surface area contributed by atoms with E-state index in [-0.39, 0.29) is 0 Å². The van der Waals surface area contributed by atoms with E-state index in [1.807, 2.05) is 24.3 Å². The molecule has 0 unspecified atom stereocenters. The zero-order chi connectivity index (χ0) is 13.8. The van der Waals surface area contributed by atoms with Crippen LogP contribution in [-0.4, -0.2) is 17.1 Å². The van der Waals surface area contributed by atoms with Crippen molar-refractivity contribution in [3.8, 4) is 0 Å². The number of rotatable bonds is 4. The Labute approximate surface area is 139 Å². The summed E-state index contributed by atoms with van der Waals surface area (Å²) in [5.41, 5.74) is 1.96. The van der Waals surface area contributed by atoms with Gasteiger partial charge in [-0.1, -0.05) is 39.7 Å². The van der Waals surface area contributed by atoms with Crippen molar-refractivity contribution in [2.75, 3.05) is 7.11 Å². The summed E-state index contributed by atoms with van der Waals surface area (Å²) >= 11 is 11.7. The highest BCUT2D eigenvalue weighted by molar-refractivity contribution is 14.1. The third-order valence-corrected chi connectivity index (χ3v) is 4.68. The molecule has 0 saturated carbocycles. The third kappa shape index (κ3) is 4.11. The van der Waals surface area contributed by atoms with Crippen LogP contribution in [0, 0.1) is 3.57 Å². The standard InChI is InChI=1S/C13H11BrClIN2O/c1-19-7-10-12(16)13(15)18-11(17-10)6-8-3-2-4-9(14)5-8/h2-5H,6-7H2,1H3. The summed E-state index contributed by atoms with van der Waals surface area (Å²) in [6.07, 6.45) is 0.646. The second kappa shape index (κ2) is 6.97. The number of methoxy groups -OCH3 is 1. The Morgan fingerprint density at radius 3 is 2.84 bits per heavy atom. The topological polar surface area (TPSA) is 35.0 Å². The molecular weight excluding hydrogens is 442 g/mol. The van der Waals surface area contributed by atoms with Crippen molar-refractivity contribution in [3.05, 3.63) is 54.5 Å². The van der Waals surface area contributed by atoms with Gasteiger partial charge in [0, 0.05) is 18.0 Å². The first-order valence-corrected chi connectivity index (χ1v) is 7.79. The lowest BCUT2D eigenvalue weighted by molar-refractivity contribution is 0.180. The molecule has 0 amide bonds. The Kier molecular flexibility index (Phi) is 5.56. The lowest BCUT2D eigenvalue weighted by Crippen LogP contribution is -2.05. The van der Waals surface area contributed by atoms with Crippen molar-refractivity contribution < 1.29 is 4.74 Å². The van der Waals surface area contributed by atoms with Crippen molar-refractivity contribution in [1.29, 1.82) is 0 Å². The predicted molar refractivity (Wildman–Crippen MR) is 87.4 cm³/mol. The van der Waals surface area contributed by atoms with Gasteiger partial charge in [0.25, 0.3) is 0 Å². The van der Waals surface area contributed by atoms with Gasteiger partial charge in [-0.25, -0.2) is 9.97 Å². The van der Waals surface area contributed by atoms with E-state index in [9.17, 15) is 0 Å². The SMILES string of the molecule is COCc1nc(Cc2cccc(Br)c2)nc(Cl)c1I. The minimum absolute atomic E-state index is 0.437. The van der Waals surface area contributed by atoms with Gasteiger partial charge in [-0.05, 0) is 40.3 Å². The molecule has 0 saturated heterocycles. The Balaban J connectivity index is 2.30. The number of benzene rings is 1. The normalized spacial score (nSPS) is 10.7. The van der Waals surface area contributed by atoms with Crippen LogP contribution in [0.25, 0.3) is 0 Å².